The summed E-state index contributed by atoms with van der Waals surface area (Å²) in [5.74, 6) is -1.88. The van der Waals surface area contributed by atoms with Crippen LogP contribution in [-0.2, 0) is 25.5 Å². The summed E-state index contributed by atoms with van der Waals surface area (Å²) in [7, 11) is 0. The smallest absolute Gasteiger partial charge is 0.249 e. The van der Waals surface area contributed by atoms with Crippen molar-refractivity contribution in [3.8, 4) is 5.75 Å². The van der Waals surface area contributed by atoms with E-state index in [4.69, 9.17) is 9.47 Å². The van der Waals surface area contributed by atoms with Crippen LogP contribution >= 0.6 is 0 Å². The number of carbonyl (C=O) groups is 3. The highest BCUT2D eigenvalue weighted by Crippen LogP contribution is 2.54. The highest BCUT2D eigenvalue weighted by molar-refractivity contribution is 6.04. The van der Waals surface area contributed by atoms with Crippen LogP contribution in [0.4, 0.5) is 5.69 Å². The van der Waals surface area contributed by atoms with Crippen LogP contribution in [0.25, 0.3) is 0 Å². The maximum atomic E-state index is 14.7. The van der Waals surface area contributed by atoms with Gasteiger partial charge in [0.15, 0.2) is 0 Å². The molecule has 2 aromatic carbocycles. The molecule has 4 heterocycles. The molecule has 1 spiro atoms. The first-order valence-electron chi connectivity index (χ1n) is 15.1. The molecular weight excluding hydrogens is 546 g/mol. The molecular formula is C34H39N3O6. The monoisotopic (exact) mass is 585 g/mol. The number of anilines is 1. The molecule has 0 bridgehead atoms. The highest BCUT2D eigenvalue weighted by atomic mass is 16.5. The Balaban J connectivity index is 1.42. The molecule has 9 heteroatoms. The summed E-state index contributed by atoms with van der Waals surface area (Å²) in [4.78, 5) is 48.4. The predicted molar refractivity (Wildman–Crippen MR) is 161 cm³/mol. The van der Waals surface area contributed by atoms with Gasteiger partial charge in [-0.1, -0.05) is 54.6 Å². The first kappa shape index (κ1) is 29.1. The van der Waals surface area contributed by atoms with Crippen molar-refractivity contribution in [2.75, 3.05) is 31.2 Å². The van der Waals surface area contributed by atoms with Crippen LogP contribution in [0.5, 0.6) is 5.75 Å². The van der Waals surface area contributed by atoms with E-state index < -0.39 is 35.6 Å². The first-order valence-corrected chi connectivity index (χ1v) is 15.1. The van der Waals surface area contributed by atoms with Gasteiger partial charge in [0.05, 0.1) is 37.2 Å². The van der Waals surface area contributed by atoms with Crippen molar-refractivity contribution >= 4 is 23.4 Å². The van der Waals surface area contributed by atoms with Gasteiger partial charge in [0, 0.05) is 24.8 Å². The fraction of sp³-hybridized carbons (Fsp3) is 0.441. The van der Waals surface area contributed by atoms with Crippen molar-refractivity contribution in [3.63, 3.8) is 0 Å². The molecule has 2 aromatic rings. The number of hydrogen-bond donors (Lipinski definition) is 1. The summed E-state index contributed by atoms with van der Waals surface area (Å²) in [5.41, 5.74) is 0.278. The zero-order valence-corrected chi connectivity index (χ0v) is 24.8. The van der Waals surface area contributed by atoms with Crippen molar-refractivity contribution in [2.24, 2.45) is 11.8 Å². The maximum Gasteiger partial charge on any atom is 0.249 e. The van der Waals surface area contributed by atoms with Crippen molar-refractivity contribution in [2.45, 2.75) is 57.0 Å². The maximum absolute atomic E-state index is 14.7. The molecule has 3 amide bonds. The van der Waals surface area contributed by atoms with E-state index >= 15 is 0 Å². The quantitative estimate of drug-likeness (QED) is 0.479. The Morgan fingerprint density at radius 1 is 0.977 bits per heavy atom. The average molecular weight is 586 g/mol. The molecule has 43 heavy (non-hydrogen) atoms. The van der Waals surface area contributed by atoms with Gasteiger partial charge in [-0.25, -0.2) is 0 Å². The van der Waals surface area contributed by atoms with Gasteiger partial charge < -0.3 is 29.3 Å². The minimum absolute atomic E-state index is 0.117. The molecule has 6 rings (SSSR count). The number of hydrogen-bond acceptors (Lipinski definition) is 6. The van der Waals surface area contributed by atoms with E-state index in [1.54, 1.807) is 9.80 Å². The number of ether oxygens (including phenoxy) is 2. The number of fused-ring (bicyclic) bond motifs is 2. The fourth-order valence-corrected chi connectivity index (χ4v) is 7.21. The van der Waals surface area contributed by atoms with Gasteiger partial charge in [0.2, 0.25) is 17.7 Å². The summed E-state index contributed by atoms with van der Waals surface area (Å²) in [6.07, 6.45) is 7.16. The van der Waals surface area contributed by atoms with Crippen LogP contribution in [0, 0.1) is 11.8 Å². The van der Waals surface area contributed by atoms with Crippen LogP contribution in [-0.4, -0.2) is 88.8 Å². The number of carbonyl (C=O) groups excluding carboxylic acids is 3. The second kappa shape index (κ2) is 11.6. The Morgan fingerprint density at radius 3 is 2.40 bits per heavy atom. The standard InChI is InChI=1S/C34H39N3O6/c1-4-42-26-15-13-24(14-16-26)36-18-8-12-27-28(31(36)39)29-32(40)37(25(21-38)20-23-10-6-5-7-11-23)30-33(41)35(22(2)3)19-9-17-34(29,30)43-27/h5-17,22,25,27-30,38H,4,18-21H2,1-3H3/t25-,27+,28-,29+,30?,34+/m1/s1. The summed E-state index contributed by atoms with van der Waals surface area (Å²) in [5, 5.41) is 10.7. The number of nitrogens with zero attached hydrogens (tertiary/aromatic N) is 3. The van der Waals surface area contributed by atoms with E-state index in [0.29, 0.717) is 37.6 Å². The number of likely N-dealkylation sites (tertiary alicyclic amines) is 1. The van der Waals surface area contributed by atoms with Crippen molar-refractivity contribution in [1.29, 1.82) is 0 Å². The molecule has 0 aromatic heterocycles. The van der Waals surface area contributed by atoms with Crippen LogP contribution in [0.15, 0.2) is 78.9 Å². The summed E-state index contributed by atoms with van der Waals surface area (Å²) in [6.45, 7) is 6.69. The molecule has 0 aliphatic carbocycles. The number of aliphatic hydroxyl groups is 1. The van der Waals surface area contributed by atoms with E-state index in [9.17, 15) is 19.5 Å². The third-order valence-corrected chi connectivity index (χ3v) is 9.13. The van der Waals surface area contributed by atoms with Gasteiger partial charge >= 0.3 is 0 Å². The van der Waals surface area contributed by atoms with Crippen molar-refractivity contribution in [1.82, 2.24) is 9.80 Å². The van der Waals surface area contributed by atoms with E-state index in [-0.39, 0.29) is 30.4 Å². The Hall–Kier alpha value is -3.95. The van der Waals surface area contributed by atoms with Gasteiger partial charge in [-0.05, 0) is 57.0 Å². The molecule has 2 fully saturated rings. The molecule has 4 aliphatic rings. The summed E-state index contributed by atoms with van der Waals surface area (Å²) in [6, 6.07) is 15.1. The van der Waals surface area contributed by atoms with Crippen molar-refractivity contribution < 1.29 is 29.0 Å². The van der Waals surface area contributed by atoms with Crippen LogP contribution in [0.2, 0.25) is 0 Å². The van der Waals surface area contributed by atoms with Gasteiger partial charge in [-0.2, -0.15) is 0 Å². The van der Waals surface area contributed by atoms with Crippen LogP contribution in [0.1, 0.15) is 26.3 Å². The molecule has 226 valence electrons. The van der Waals surface area contributed by atoms with Gasteiger partial charge in [0.25, 0.3) is 0 Å². The lowest BCUT2D eigenvalue weighted by Crippen LogP contribution is -2.59. The molecule has 1 unspecified atom stereocenters. The first-order chi connectivity index (χ1) is 20.8. The minimum Gasteiger partial charge on any atom is -0.494 e. The molecule has 1 N–H and O–H groups in total. The molecule has 4 aliphatic heterocycles. The van der Waals surface area contributed by atoms with E-state index in [2.05, 4.69) is 0 Å². The Bertz CT molecular complexity index is 1420. The largest absolute Gasteiger partial charge is 0.494 e. The lowest BCUT2D eigenvalue weighted by Gasteiger charge is -2.39. The third kappa shape index (κ3) is 4.84. The second-order valence-electron chi connectivity index (χ2n) is 11.9. The van der Waals surface area contributed by atoms with Crippen LogP contribution in [0.3, 0.4) is 0 Å². The van der Waals surface area contributed by atoms with E-state index in [0.717, 1.165) is 5.56 Å². The lowest BCUT2D eigenvalue weighted by molar-refractivity contribution is -0.151. The summed E-state index contributed by atoms with van der Waals surface area (Å²) < 4.78 is 12.3. The zero-order valence-electron chi connectivity index (χ0n) is 24.8. The summed E-state index contributed by atoms with van der Waals surface area (Å²) >= 11 is 0. The third-order valence-electron chi connectivity index (χ3n) is 9.13. The molecule has 2 saturated heterocycles. The Labute approximate surface area is 252 Å². The predicted octanol–water partition coefficient (Wildman–Crippen LogP) is 2.98. The van der Waals surface area contributed by atoms with Gasteiger partial charge in [-0.3, -0.25) is 14.4 Å². The van der Waals surface area contributed by atoms with E-state index in [1.165, 1.54) is 4.90 Å². The molecule has 9 nitrogen and oxygen atoms in total. The Kier molecular flexibility index (Phi) is 7.87. The lowest BCUT2D eigenvalue weighted by atomic mass is 9.77. The minimum atomic E-state index is -1.35. The normalized spacial score (nSPS) is 29.0. The zero-order chi connectivity index (χ0) is 30.3. The average Bonchev–Trinajstić information content (AvgIpc) is 3.32. The molecule has 0 radical (unpaired) electrons. The number of benzene rings is 2. The van der Waals surface area contributed by atoms with Gasteiger partial charge in [-0.15, -0.1) is 0 Å². The fourth-order valence-electron chi connectivity index (χ4n) is 7.21. The SMILES string of the molecule is CCOc1ccc(N2CC=C[C@@H]3O[C@]45C=CCN(C(C)C)C(=O)C4N([C@@H](CO)Cc4ccccc4)C(=O)[C@@H]5[C@@H]3C2=O)cc1. The second-order valence-corrected chi connectivity index (χ2v) is 11.9. The number of amides is 3. The molecule has 0 saturated carbocycles. The highest BCUT2D eigenvalue weighted by Gasteiger charge is 2.72. The van der Waals surface area contributed by atoms with E-state index in [1.807, 2.05) is 99.7 Å². The van der Waals surface area contributed by atoms with Crippen molar-refractivity contribution in [3.05, 3.63) is 84.5 Å². The number of aliphatic hydroxyl groups excluding tert-OH is 1. The Morgan fingerprint density at radius 2 is 1.72 bits per heavy atom. The topological polar surface area (TPSA) is 99.6 Å². The molecule has 6 atom stereocenters. The number of rotatable bonds is 8. The van der Waals surface area contributed by atoms with Crippen LogP contribution < -0.4 is 9.64 Å². The van der Waals surface area contributed by atoms with Gasteiger partial charge in [0.1, 0.15) is 17.4 Å².